The van der Waals surface area contributed by atoms with Crippen LogP contribution in [0.1, 0.15) is 12.6 Å². The summed E-state index contributed by atoms with van der Waals surface area (Å²) in [4.78, 5) is 8.12. The molecule has 0 fully saturated rings. The van der Waals surface area contributed by atoms with E-state index < -0.39 is 0 Å². The summed E-state index contributed by atoms with van der Waals surface area (Å²) in [6.45, 7) is 2.87. The Morgan fingerprint density at radius 2 is 2.29 bits per heavy atom. The van der Waals surface area contributed by atoms with Crippen LogP contribution in [0.5, 0.6) is 0 Å². The Hall–Kier alpha value is -0.320. The highest BCUT2D eigenvalue weighted by Crippen LogP contribution is 2.13. The fourth-order valence-corrected chi connectivity index (χ4v) is 1.96. The van der Waals surface area contributed by atoms with Crippen molar-refractivity contribution in [2.75, 3.05) is 12.3 Å². The monoisotopic (exact) mass is 231 g/mol. The molecular formula is C9H14ClN3S. The summed E-state index contributed by atoms with van der Waals surface area (Å²) in [6.07, 6.45) is 3.28. The molecule has 1 heterocycles. The van der Waals surface area contributed by atoms with Crippen LogP contribution in [0.2, 0.25) is 5.15 Å². The first-order valence-corrected chi connectivity index (χ1v) is 6.00. The number of rotatable bonds is 5. The van der Waals surface area contributed by atoms with E-state index in [0.717, 1.165) is 23.7 Å². The molecule has 0 aliphatic rings. The van der Waals surface area contributed by atoms with E-state index in [1.54, 1.807) is 12.4 Å². The van der Waals surface area contributed by atoms with Crippen LogP contribution in [0.4, 0.5) is 0 Å². The van der Waals surface area contributed by atoms with E-state index in [4.69, 9.17) is 17.3 Å². The molecule has 1 unspecified atom stereocenters. The van der Waals surface area contributed by atoms with Crippen LogP contribution in [-0.2, 0) is 5.75 Å². The van der Waals surface area contributed by atoms with Crippen LogP contribution < -0.4 is 5.73 Å². The molecule has 0 aliphatic heterocycles. The van der Waals surface area contributed by atoms with Gasteiger partial charge in [0.25, 0.3) is 0 Å². The van der Waals surface area contributed by atoms with Crippen molar-refractivity contribution in [2.24, 2.45) is 11.7 Å². The van der Waals surface area contributed by atoms with Crippen molar-refractivity contribution in [2.45, 2.75) is 12.7 Å². The Balaban J connectivity index is 2.28. The zero-order chi connectivity index (χ0) is 10.4. The lowest BCUT2D eigenvalue weighted by molar-refractivity contribution is 0.675. The molecule has 2 N–H and O–H groups in total. The Kier molecular flexibility index (Phi) is 5.22. The minimum Gasteiger partial charge on any atom is -0.330 e. The molecule has 0 saturated carbocycles. The highest BCUT2D eigenvalue weighted by Gasteiger charge is 2.00. The summed E-state index contributed by atoms with van der Waals surface area (Å²) < 4.78 is 0. The van der Waals surface area contributed by atoms with Gasteiger partial charge in [-0.25, -0.2) is 4.98 Å². The van der Waals surface area contributed by atoms with Gasteiger partial charge < -0.3 is 5.73 Å². The molecule has 3 nitrogen and oxygen atoms in total. The maximum absolute atomic E-state index is 5.62. The van der Waals surface area contributed by atoms with Gasteiger partial charge in [0.1, 0.15) is 5.15 Å². The van der Waals surface area contributed by atoms with E-state index in [2.05, 4.69) is 16.9 Å². The first-order chi connectivity index (χ1) is 6.72. The highest BCUT2D eigenvalue weighted by molar-refractivity contribution is 7.98. The molecule has 0 aromatic carbocycles. The van der Waals surface area contributed by atoms with Gasteiger partial charge in [-0.1, -0.05) is 18.5 Å². The standard InChI is InChI=1S/C9H14ClN3S/c1-7(2-11)5-14-6-8-3-13-9(10)4-12-8/h3-4,7H,2,5-6,11H2,1H3. The average Bonchev–Trinajstić information content (AvgIpc) is 2.21. The zero-order valence-electron chi connectivity index (χ0n) is 8.11. The molecule has 5 heteroatoms. The quantitative estimate of drug-likeness (QED) is 0.842. The van der Waals surface area contributed by atoms with Crippen LogP contribution in [0.3, 0.4) is 0 Å². The molecule has 0 spiro atoms. The summed E-state index contributed by atoms with van der Waals surface area (Å²) in [5.74, 6) is 2.48. The molecule has 0 saturated heterocycles. The number of hydrogen-bond acceptors (Lipinski definition) is 4. The molecule has 0 amide bonds. The molecule has 0 aliphatic carbocycles. The van der Waals surface area contributed by atoms with E-state index in [-0.39, 0.29) is 0 Å². The SMILES string of the molecule is CC(CN)CSCc1cnc(Cl)cn1. The molecule has 1 rings (SSSR count). The maximum Gasteiger partial charge on any atom is 0.147 e. The van der Waals surface area contributed by atoms with Crippen LogP contribution in [0, 0.1) is 5.92 Å². The van der Waals surface area contributed by atoms with Crippen molar-refractivity contribution in [3.63, 3.8) is 0 Å². The predicted molar refractivity (Wildman–Crippen MR) is 61.4 cm³/mol. The van der Waals surface area contributed by atoms with Gasteiger partial charge in [-0.3, -0.25) is 4.98 Å². The number of halogens is 1. The van der Waals surface area contributed by atoms with Crippen molar-refractivity contribution in [1.82, 2.24) is 9.97 Å². The lowest BCUT2D eigenvalue weighted by Crippen LogP contribution is -2.12. The van der Waals surface area contributed by atoms with Gasteiger partial charge in [-0.15, -0.1) is 0 Å². The van der Waals surface area contributed by atoms with Crippen molar-refractivity contribution in [3.05, 3.63) is 23.2 Å². The first-order valence-electron chi connectivity index (χ1n) is 4.46. The fraction of sp³-hybridized carbons (Fsp3) is 0.556. The van der Waals surface area contributed by atoms with Gasteiger partial charge in [0.05, 0.1) is 18.1 Å². The van der Waals surface area contributed by atoms with Gasteiger partial charge in [0.15, 0.2) is 0 Å². The van der Waals surface area contributed by atoms with Gasteiger partial charge in [-0.05, 0) is 18.2 Å². The lowest BCUT2D eigenvalue weighted by atomic mass is 10.2. The topological polar surface area (TPSA) is 51.8 Å². The van der Waals surface area contributed by atoms with Gasteiger partial charge in [0, 0.05) is 5.75 Å². The summed E-state index contributed by atoms with van der Waals surface area (Å²) in [5, 5.41) is 0.439. The molecule has 14 heavy (non-hydrogen) atoms. The van der Waals surface area contributed by atoms with Crippen molar-refractivity contribution in [3.8, 4) is 0 Å². The highest BCUT2D eigenvalue weighted by atomic mass is 35.5. The van der Waals surface area contributed by atoms with Crippen LogP contribution in [-0.4, -0.2) is 22.3 Å². The van der Waals surface area contributed by atoms with Crippen molar-refractivity contribution >= 4 is 23.4 Å². The second kappa shape index (κ2) is 6.22. The number of nitrogens with zero attached hydrogens (tertiary/aromatic N) is 2. The van der Waals surface area contributed by atoms with Crippen molar-refractivity contribution in [1.29, 1.82) is 0 Å². The third-order valence-electron chi connectivity index (χ3n) is 1.73. The second-order valence-electron chi connectivity index (χ2n) is 3.19. The normalized spacial score (nSPS) is 12.8. The Labute approximate surface area is 93.5 Å². The fourth-order valence-electron chi connectivity index (χ4n) is 0.846. The third kappa shape index (κ3) is 4.26. The van der Waals surface area contributed by atoms with Crippen LogP contribution in [0.15, 0.2) is 12.4 Å². The van der Waals surface area contributed by atoms with Gasteiger partial charge in [-0.2, -0.15) is 11.8 Å². The smallest absolute Gasteiger partial charge is 0.147 e. The van der Waals surface area contributed by atoms with E-state index in [1.165, 1.54) is 0 Å². The lowest BCUT2D eigenvalue weighted by Gasteiger charge is -2.06. The number of hydrogen-bond donors (Lipinski definition) is 1. The summed E-state index contributed by atoms with van der Waals surface area (Å²) in [5.41, 5.74) is 6.47. The molecule has 1 atom stereocenters. The summed E-state index contributed by atoms with van der Waals surface area (Å²) in [6, 6.07) is 0. The van der Waals surface area contributed by atoms with E-state index in [9.17, 15) is 0 Å². The minimum atomic E-state index is 0.439. The first kappa shape index (κ1) is 11.8. The average molecular weight is 232 g/mol. The minimum absolute atomic E-state index is 0.439. The van der Waals surface area contributed by atoms with E-state index >= 15 is 0 Å². The zero-order valence-corrected chi connectivity index (χ0v) is 9.68. The number of aromatic nitrogens is 2. The van der Waals surface area contributed by atoms with Gasteiger partial charge >= 0.3 is 0 Å². The summed E-state index contributed by atoms with van der Waals surface area (Å²) >= 11 is 7.44. The largest absolute Gasteiger partial charge is 0.330 e. The number of nitrogens with two attached hydrogens (primary N) is 1. The number of thioether (sulfide) groups is 1. The molecule has 0 radical (unpaired) electrons. The molecule has 78 valence electrons. The molecule has 1 aromatic rings. The van der Waals surface area contributed by atoms with Crippen LogP contribution in [0.25, 0.3) is 0 Å². The second-order valence-corrected chi connectivity index (χ2v) is 4.60. The molecule has 0 bridgehead atoms. The van der Waals surface area contributed by atoms with E-state index in [1.807, 2.05) is 11.8 Å². The molecule has 1 aromatic heterocycles. The Morgan fingerprint density at radius 1 is 1.50 bits per heavy atom. The predicted octanol–water partition coefficient (Wildman–Crippen LogP) is 1.96. The van der Waals surface area contributed by atoms with Crippen molar-refractivity contribution < 1.29 is 0 Å². The van der Waals surface area contributed by atoms with E-state index in [0.29, 0.717) is 11.1 Å². The van der Waals surface area contributed by atoms with Gasteiger partial charge in [0.2, 0.25) is 0 Å². The van der Waals surface area contributed by atoms with Crippen LogP contribution >= 0.6 is 23.4 Å². The maximum atomic E-state index is 5.62. The Bertz CT molecular complexity index is 265. The summed E-state index contributed by atoms with van der Waals surface area (Å²) in [7, 11) is 0. The third-order valence-corrected chi connectivity index (χ3v) is 3.23. The molecular weight excluding hydrogens is 218 g/mol. The Morgan fingerprint density at radius 3 is 2.86 bits per heavy atom.